The van der Waals surface area contributed by atoms with Crippen LogP contribution < -0.4 is 5.32 Å². The second kappa shape index (κ2) is 7.10. The van der Waals surface area contributed by atoms with Crippen molar-refractivity contribution in [2.45, 2.75) is 31.7 Å². The van der Waals surface area contributed by atoms with Crippen molar-refractivity contribution in [2.75, 3.05) is 32.8 Å². The molecule has 1 N–H and O–H groups in total. The number of para-hydroxylation sites is 1. The third-order valence-corrected chi connectivity index (χ3v) is 4.99. The number of nitrogens with zero attached hydrogens (tertiary/aromatic N) is 2. The summed E-state index contributed by atoms with van der Waals surface area (Å²) in [4.78, 5) is 20.0. The molecule has 2 aromatic rings. The van der Waals surface area contributed by atoms with E-state index in [-0.39, 0.29) is 11.9 Å². The number of hydrogen-bond donors (Lipinski definition) is 1. The van der Waals surface area contributed by atoms with E-state index in [0.717, 1.165) is 55.0 Å². The number of ether oxygens (including phenoxy) is 1. The van der Waals surface area contributed by atoms with E-state index >= 15 is 0 Å². The fraction of sp³-hybridized carbons (Fsp3) is 0.500. The van der Waals surface area contributed by atoms with Gasteiger partial charge in [0, 0.05) is 42.7 Å². The van der Waals surface area contributed by atoms with Gasteiger partial charge in [-0.1, -0.05) is 18.2 Å². The fourth-order valence-corrected chi connectivity index (χ4v) is 3.49. The summed E-state index contributed by atoms with van der Waals surface area (Å²) in [7, 11) is 0. The first-order valence-electron chi connectivity index (χ1n) is 9.21. The van der Waals surface area contributed by atoms with E-state index in [1.165, 1.54) is 12.8 Å². The first-order chi connectivity index (χ1) is 12.2. The van der Waals surface area contributed by atoms with Crippen LogP contribution >= 0.6 is 0 Å². The van der Waals surface area contributed by atoms with Gasteiger partial charge < -0.3 is 10.1 Å². The number of fused-ring (bicyclic) bond motifs is 1. The lowest BCUT2D eigenvalue weighted by Gasteiger charge is -2.29. The summed E-state index contributed by atoms with van der Waals surface area (Å²) < 4.78 is 5.39. The molecule has 2 fully saturated rings. The minimum Gasteiger partial charge on any atom is -0.379 e. The molecule has 1 saturated heterocycles. The Hall–Kier alpha value is -1.98. The van der Waals surface area contributed by atoms with Crippen LogP contribution in [0.15, 0.2) is 30.3 Å². The number of morpholine rings is 1. The highest BCUT2D eigenvalue weighted by molar-refractivity contribution is 6.06. The van der Waals surface area contributed by atoms with Gasteiger partial charge in [-0.15, -0.1) is 0 Å². The van der Waals surface area contributed by atoms with Gasteiger partial charge in [0.2, 0.25) is 0 Å². The van der Waals surface area contributed by atoms with E-state index in [9.17, 15) is 4.79 Å². The van der Waals surface area contributed by atoms with Gasteiger partial charge in [-0.3, -0.25) is 14.7 Å². The Morgan fingerprint density at radius 2 is 2.08 bits per heavy atom. The first-order valence-corrected chi connectivity index (χ1v) is 9.21. The average Bonchev–Trinajstić information content (AvgIpc) is 3.46. The van der Waals surface area contributed by atoms with E-state index in [1.54, 1.807) is 0 Å². The summed E-state index contributed by atoms with van der Waals surface area (Å²) in [5, 5.41) is 4.11. The van der Waals surface area contributed by atoms with Crippen LogP contribution in [0.4, 0.5) is 0 Å². The van der Waals surface area contributed by atoms with Crippen molar-refractivity contribution in [2.24, 2.45) is 0 Å². The highest BCUT2D eigenvalue weighted by Crippen LogP contribution is 2.40. The standard InChI is InChI=1S/C20H25N3O2/c1-14(13-23-8-10-25-11-9-23)21-20(24)17-12-19(15-6-7-15)22-18-5-3-2-4-16(17)18/h2-5,12,14-15H,6-11,13H2,1H3,(H,21,24)/t14-/m0/s1. The predicted molar refractivity (Wildman–Crippen MR) is 97.9 cm³/mol. The number of nitrogens with one attached hydrogen (secondary N) is 1. The van der Waals surface area contributed by atoms with Gasteiger partial charge in [-0.25, -0.2) is 0 Å². The Morgan fingerprint density at radius 1 is 1.32 bits per heavy atom. The maximum absolute atomic E-state index is 12.9. The Labute approximate surface area is 148 Å². The quantitative estimate of drug-likeness (QED) is 0.910. The molecule has 2 heterocycles. The van der Waals surface area contributed by atoms with E-state index < -0.39 is 0 Å². The molecule has 5 nitrogen and oxygen atoms in total. The van der Waals surface area contributed by atoms with Gasteiger partial charge in [0.25, 0.3) is 5.91 Å². The molecule has 1 amide bonds. The third-order valence-electron chi connectivity index (χ3n) is 4.99. The molecular formula is C20H25N3O2. The van der Waals surface area contributed by atoms with Crippen molar-refractivity contribution in [3.63, 3.8) is 0 Å². The van der Waals surface area contributed by atoms with Crippen LogP contribution in [0.3, 0.4) is 0 Å². The molecule has 2 aliphatic rings. The maximum atomic E-state index is 12.9. The van der Waals surface area contributed by atoms with Crippen LogP contribution in [0.5, 0.6) is 0 Å². The van der Waals surface area contributed by atoms with Crippen molar-refractivity contribution in [1.29, 1.82) is 0 Å². The second-order valence-electron chi connectivity index (χ2n) is 7.17. The molecule has 1 atom stereocenters. The summed E-state index contributed by atoms with van der Waals surface area (Å²) in [5.41, 5.74) is 2.73. The average molecular weight is 339 g/mol. The summed E-state index contributed by atoms with van der Waals surface area (Å²) in [6.07, 6.45) is 2.36. The Bertz CT molecular complexity index is 767. The van der Waals surface area contributed by atoms with Crippen LogP contribution in [-0.4, -0.2) is 54.7 Å². The number of amides is 1. The molecule has 1 aliphatic carbocycles. The number of pyridine rings is 1. The lowest BCUT2D eigenvalue weighted by atomic mass is 10.0. The SMILES string of the molecule is C[C@@H](CN1CCOCC1)NC(=O)c1cc(C2CC2)nc2ccccc12. The first kappa shape index (κ1) is 16.5. The minimum atomic E-state index is 0.00117. The predicted octanol–water partition coefficient (Wildman–Crippen LogP) is 2.56. The number of hydrogen-bond acceptors (Lipinski definition) is 4. The zero-order valence-corrected chi connectivity index (χ0v) is 14.7. The second-order valence-corrected chi connectivity index (χ2v) is 7.17. The van der Waals surface area contributed by atoms with Gasteiger partial charge in [0.05, 0.1) is 24.3 Å². The molecule has 1 aromatic carbocycles. The number of benzene rings is 1. The maximum Gasteiger partial charge on any atom is 0.252 e. The van der Waals surface area contributed by atoms with E-state index in [4.69, 9.17) is 9.72 Å². The van der Waals surface area contributed by atoms with Gasteiger partial charge in [-0.2, -0.15) is 0 Å². The van der Waals surface area contributed by atoms with E-state index in [0.29, 0.717) is 5.92 Å². The third kappa shape index (κ3) is 3.83. The molecule has 0 spiro atoms. The van der Waals surface area contributed by atoms with Crippen LogP contribution in [0.1, 0.15) is 41.7 Å². The van der Waals surface area contributed by atoms with Crippen LogP contribution in [0.2, 0.25) is 0 Å². The largest absolute Gasteiger partial charge is 0.379 e. The molecule has 0 radical (unpaired) electrons. The number of aromatic nitrogens is 1. The van der Waals surface area contributed by atoms with Crippen LogP contribution in [0.25, 0.3) is 10.9 Å². The minimum absolute atomic E-state index is 0.00117. The molecule has 4 rings (SSSR count). The highest BCUT2D eigenvalue weighted by Gasteiger charge is 2.27. The Morgan fingerprint density at radius 3 is 2.84 bits per heavy atom. The normalized spacial score (nSPS) is 19.7. The summed E-state index contributed by atoms with van der Waals surface area (Å²) in [5.74, 6) is 0.531. The molecular weight excluding hydrogens is 314 g/mol. The number of rotatable bonds is 5. The highest BCUT2D eigenvalue weighted by atomic mass is 16.5. The zero-order valence-electron chi connectivity index (χ0n) is 14.7. The molecule has 25 heavy (non-hydrogen) atoms. The summed E-state index contributed by atoms with van der Waals surface area (Å²) in [6, 6.07) is 10.0. The monoisotopic (exact) mass is 339 g/mol. The van der Waals surface area contributed by atoms with Crippen LogP contribution in [-0.2, 0) is 4.74 Å². The van der Waals surface area contributed by atoms with Crippen molar-refractivity contribution < 1.29 is 9.53 Å². The molecule has 0 bridgehead atoms. The van der Waals surface area contributed by atoms with Crippen LogP contribution in [0, 0.1) is 0 Å². The van der Waals surface area contributed by atoms with Crippen molar-refractivity contribution in [3.8, 4) is 0 Å². The van der Waals surface area contributed by atoms with Gasteiger partial charge in [0.1, 0.15) is 0 Å². The molecule has 1 aliphatic heterocycles. The molecule has 132 valence electrons. The molecule has 1 saturated carbocycles. The fourth-order valence-electron chi connectivity index (χ4n) is 3.49. The van der Waals surface area contributed by atoms with Gasteiger partial charge in [0.15, 0.2) is 0 Å². The lowest BCUT2D eigenvalue weighted by Crippen LogP contribution is -2.46. The smallest absolute Gasteiger partial charge is 0.252 e. The van der Waals surface area contributed by atoms with Gasteiger partial charge >= 0.3 is 0 Å². The Balaban J connectivity index is 1.52. The lowest BCUT2D eigenvalue weighted by molar-refractivity contribution is 0.0342. The van der Waals surface area contributed by atoms with Crippen molar-refractivity contribution >= 4 is 16.8 Å². The van der Waals surface area contributed by atoms with Gasteiger partial charge in [-0.05, 0) is 31.9 Å². The summed E-state index contributed by atoms with van der Waals surface area (Å²) in [6.45, 7) is 6.35. The molecule has 5 heteroatoms. The van der Waals surface area contributed by atoms with E-state index in [1.807, 2.05) is 30.3 Å². The summed E-state index contributed by atoms with van der Waals surface area (Å²) >= 11 is 0. The number of carbonyl (C=O) groups is 1. The van der Waals surface area contributed by atoms with Crippen molar-refractivity contribution in [1.82, 2.24) is 15.2 Å². The molecule has 1 aromatic heterocycles. The zero-order chi connectivity index (χ0) is 17.2. The van der Waals surface area contributed by atoms with Crippen molar-refractivity contribution in [3.05, 3.63) is 41.6 Å². The van der Waals surface area contributed by atoms with E-state index in [2.05, 4.69) is 17.1 Å². The number of carbonyl (C=O) groups excluding carboxylic acids is 1. The Kier molecular flexibility index (Phi) is 4.68. The molecule has 0 unspecified atom stereocenters. The topological polar surface area (TPSA) is 54.5 Å².